The van der Waals surface area contributed by atoms with E-state index >= 15 is 0 Å². The number of ether oxygens (including phenoxy) is 1. The second kappa shape index (κ2) is 15.0. The molecule has 0 spiro atoms. The van der Waals surface area contributed by atoms with E-state index in [1.54, 1.807) is 0 Å². The van der Waals surface area contributed by atoms with E-state index in [1.807, 2.05) is 13.0 Å². The van der Waals surface area contributed by atoms with Gasteiger partial charge in [-0.2, -0.15) is 0 Å². The Hall–Kier alpha value is -1.09. The van der Waals surface area contributed by atoms with Gasteiger partial charge in [-0.05, 0) is 26.2 Å². The molecular weight excluding hydrogens is 240 g/mol. The van der Waals surface area contributed by atoms with Crippen LogP contribution < -0.4 is 0 Å². The summed E-state index contributed by atoms with van der Waals surface area (Å²) in [6.45, 7) is 2.43. The SMILES string of the molecule is CC=CC=CCCCCCCCCCOCC(=O)O. The zero-order chi connectivity index (χ0) is 14.2. The minimum atomic E-state index is -0.886. The van der Waals surface area contributed by atoms with Gasteiger partial charge in [-0.1, -0.05) is 56.4 Å². The molecule has 0 saturated carbocycles. The first-order chi connectivity index (χ1) is 9.27. The van der Waals surface area contributed by atoms with E-state index in [9.17, 15) is 4.79 Å². The molecule has 0 heterocycles. The summed E-state index contributed by atoms with van der Waals surface area (Å²) in [6, 6.07) is 0. The molecule has 0 unspecified atom stereocenters. The molecule has 0 aromatic rings. The lowest BCUT2D eigenvalue weighted by molar-refractivity contribution is -0.142. The second-order valence-corrected chi connectivity index (χ2v) is 4.66. The van der Waals surface area contributed by atoms with Gasteiger partial charge in [-0.3, -0.25) is 0 Å². The molecule has 0 fully saturated rings. The molecule has 3 nitrogen and oxygen atoms in total. The lowest BCUT2D eigenvalue weighted by atomic mass is 10.1. The third-order valence-electron chi connectivity index (χ3n) is 2.82. The van der Waals surface area contributed by atoms with E-state index in [0.717, 1.165) is 12.8 Å². The van der Waals surface area contributed by atoms with Gasteiger partial charge in [0.25, 0.3) is 0 Å². The lowest BCUT2D eigenvalue weighted by Crippen LogP contribution is -2.07. The highest BCUT2D eigenvalue weighted by atomic mass is 16.5. The van der Waals surface area contributed by atoms with Crippen LogP contribution in [0.2, 0.25) is 0 Å². The molecule has 19 heavy (non-hydrogen) atoms. The molecule has 0 aliphatic heterocycles. The topological polar surface area (TPSA) is 46.5 Å². The average Bonchev–Trinajstić information content (AvgIpc) is 2.39. The molecule has 0 bridgehead atoms. The summed E-state index contributed by atoms with van der Waals surface area (Å²) in [5.74, 6) is -0.886. The number of hydrogen-bond acceptors (Lipinski definition) is 2. The molecule has 0 amide bonds. The van der Waals surface area contributed by atoms with Gasteiger partial charge in [0.05, 0.1) is 0 Å². The van der Waals surface area contributed by atoms with Crippen molar-refractivity contribution in [3.8, 4) is 0 Å². The zero-order valence-corrected chi connectivity index (χ0v) is 12.1. The predicted octanol–water partition coefficient (Wildman–Crippen LogP) is 4.34. The highest BCUT2D eigenvalue weighted by molar-refractivity contribution is 5.67. The van der Waals surface area contributed by atoms with Crippen LogP contribution in [0.4, 0.5) is 0 Å². The molecule has 1 N–H and O–H groups in total. The number of carbonyl (C=O) groups is 1. The molecule has 0 aliphatic rings. The van der Waals surface area contributed by atoms with E-state index in [2.05, 4.69) is 18.2 Å². The van der Waals surface area contributed by atoms with Crippen molar-refractivity contribution in [1.29, 1.82) is 0 Å². The molecule has 0 saturated heterocycles. The second-order valence-electron chi connectivity index (χ2n) is 4.66. The number of carboxylic acid groups (broad SMARTS) is 1. The van der Waals surface area contributed by atoms with E-state index in [-0.39, 0.29) is 6.61 Å². The fourth-order valence-corrected chi connectivity index (χ4v) is 1.80. The van der Waals surface area contributed by atoms with Crippen LogP contribution in [-0.2, 0) is 9.53 Å². The number of hydrogen-bond donors (Lipinski definition) is 1. The van der Waals surface area contributed by atoms with Gasteiger partial charge in [0.15, 0.2) is 0 Å². The molecular formula is C16H28O3. The summed E-state index contributed by atoms with van der Waals surface area (Å²) < 4.78 is 4.97. The van der Waals surface area contributed by atoms with Gasteiger partial charge >= 0.3 is 5.97 Å². The van der Waals surface area contributed by atoms with Crippen LogP contribution in [0.5, 0.6) is 0 Å². The van der Waals surface area contributed by atoms with Crippen molar-refractivity contribution in [3.63, 3.8) is 0 Å². The van der Waals surface area contributed by atoms with Crippen molar-refractivity contribution in [3.05, 3.63) is 24.3 Å². The van der Waals surface area contributed by atoms with Crippen molar-refractivity contribution in [2.75, 3.05) is 13.2 Å². The predicted molar refractivity (Wildman–Crippen MR) is 79.3 cm³/mol. The summed E-state index contributed by atoms with van der Waals surface area (Å²) in [7, 11) is 0. The summed E-state index contributed by atoms with van der Waals surface area (Å²) >= 11 is 0. The van der Waals surface area contributed by atoms with Gasteiger partial charge in [-0.15, -0.1) is 0 Å². The first kappa shape index (κ1) is 17.9. The smallest absolute Gasteiger partial charge is 0.329 e. The Morgan fingerprint density at radius 2 is 1.63 bits per heavy atom. The maximum Gasteiger partial charge on any atom is 0.329 e. The fourth-order valence-electron chi connectivity index (χ4n) is 1.80. The van der Waals surface area contributed by atoms with E-state index < -0.39 is 5.97 Å². The minimum Gasteiger partial charge on any atom is -0.480 e. The van der Waals surface area contributed by atoms with Crippen LogP contribution in [0.3, 0.4) is 0 Å². The molecule has 0 aromatic heterocycles. The van der Waals surface area contributed by atoms with Crippen molar-refractivity contribution in [2.24, 2.45) is 0 Å². The van der Waals surface area contributed by atoms with Crippen molar-refractivity contribution in [1.82, 2.24) is 0 Å². The quantitative estimate of drug-likeness (QED) is 0.399. The third-order valence-corrected chi connectivity index (χ3v) is 2.82. The number of carboxylic acids is 1. The molecule has 0 atom stereocenters. The van der Waals surface area contributed by atoms with Gasteiger partial charge in [0, 0.05) is 6.61 Å². The summed E-state index contributed by atoms with van der Waals surface area (Å²) in [6.07, 6.45) is 18.1. The summed E-state index contributed by atoms with van der Waals surface area (Å²) in [5.41, 5.74) is 0. The Morgan fingerprint density at radius 3 is 2.26 bits per heavy atom. The average molecular weight is 268 g/mol. The zero-order valence-electron chi connectivity index (χ0n) is 12.1. The summed E-state index contributed by atoms with van der Waals surface area (Å²) in [4.78, 5) is 10.2. The minimum absolute atomic E-state index is 0.166. The molecule has 0 radical (unpaired) electrons. The van der Waals surface area contributed by atoms with E-state index in [1.165, 1.54) is 38.5 Å². The lowest BCUT2D eigenvalue weighted by Gasteiger charge is -2.02. The van der Waals surface area contributed by atoms with Crippen LogP contribution in [0.1, 0.15) is 58.3 Å². The Kier molecular flexibility index (Phi) is 14.1. The number of allylic oxidation sites excluding steroid dienone is 4. The first-order valence-corrected chi connectivity index (χ1v) is 7.34. The largest absolute Gasteiger partial charge is 0.480 e. The van der Waals surface area contributed by atoms with Gasteiger partial charge in [0.2, 0.25) is 0 Å². The van der Waals surface area contributed by atoms with Crippen LogP contribution in [-0.4, -0.2) is 24.3 Å². The molecule has 0 rings (SSSR count). The standard InChI is InChI=1S/C16H28O3/c1-2-3-4-5-6-7-8-9-10-11-12-13-14-19-15-16(17)18/h2-5H,6-15H2,1H3,(H,17,18). The van der Waals surface area contributed by atoms with Crippen LogP contribution in [0.15, 0.2) is 24.3 Å². The highest BCUT2D eigenvalue weighted by Gasteiger charge is 1.96. The maximum absolute atomic E-state index is 10.2. The monoisotopic (exact) mass is 268 g/mol. The van der Waals surface area contributed by atoms with E-state index in [4.69, 9.17) is 9.84 Å². The number of rotatable bonds is 13. The van der Waals surface area contributed by atoms with Gasteiger partial charge in [0.1, 0.15) is 6.61 Å². The number of unbranched alkanes of at least 4 members (excludes halogenated alkanes) is 7. The van der Waals surface area contributed by atoms with Crippen LogP contribution in [0, 0.1) is 0 Å². The highest BCUT2D eigenvalue weighted by Crippen LogP contribution is 2.09. The third kappa shape index (κ3) is 16.9. The molecule has 0 aromatic carbocycles. The molecule has 3 heteroatoms. The Labute approximate surface area is 117 Å². The Morgan fingerprint density at radius 1 is 1.00 bits per heavy atom. The van der Waals surface area contributed by atoms with Crippen LogP contribution >= 0.6 is 0 Å². The normalized spacial score (nSPS) is 11.6. The Bertz CT molecular complexity index is 257. The van der Waals surface area contributed by atoms with Crippen molar-refractivity contribution in [2.45, 2.75) is 58.3 Å². The fraction of sp³-hybridized carbons (Fsp3) is 0.688. The Balaban J connectivity index is 3.04. The molecule has 0 aliphatic carbocycles. The van der Waals surface area contributed by atoms with Crippen molar-refractivity contribution < 1.29 is 14.6 Å². The summed E-state index contributed by atoms with van der Waals surface area (Å²) in [5, 5.41) is 8.37. The molecule has 110 valence electrons. The number of aliphatic carboxylic acids is 1. The van der Waals surface area contributed by atoms with E-state index in [0.29, 0.717) is 6.61 Å². The van der Waals surface area contributed by atoms with Crippen molar-refractivity contribution >= 4 is 5.97 Å². The van der Waals surface area contributed by atoms with Gasteiger partial charge in [-0.25, -0.2) is 4.79 Å². The van der Waals surface area contributed by atoms with Gasteiger partial charge < -0.3 is 9.84 Å². The first-order valence-electron chi connectivity index (χ1n) is 7.34. The van der Waals surface area contributed by atoms with Crippen LogP contribution in [0.25, 0.3) is 0 Å². The maximum atomic E-state index is 10.2.